The molecule has 0 saturated heterocycles. The second kappa shape index (κ2) is 6.60. The Morgan fingerprint density at radius 2 is 2.00 bits per heavy atom. The number of halogens is 3. The van der Waals surface area contributed by atoms with E-state index in [9.17, 15) is 18.0 Å². The maximum atomic E-state index is 12.9. The van der Waals surface area contributed by atoms with Crippen molar-refractivity contribution in [3.8, 4) is 0 Å². The Balaban J connectivity index is 1.45. The minimum atomic E-state index is -4.24. The Morgan fingerprint density at radius 1 is 1.22 bits per heavy atom. The molecule has 1 N–H and O–H groups in total. The Labute approximate surface area is 151 Å². The molecule has 1 amide bonds. The number of hydrogen-bond donors (Lipinski definition) is 1. The molecule has 0 spiro atoms. The predicted octanol–water partition coefficient (Wildman–Crippen LogP) is 2.28. The zero-order chi connectivity index (χ0) is 19.0. The lowest BCUT2D eigenvalue weighted by atomic mass is 9.97. The highest BCUT2D eigenvalue weighted by Crippen LogP contribution is 2.34. The lowest BCUT2D eigenvalue weighted by molar-refractivity contribution is -0.179. The van der Waals surface area contributed by atoms with Gasteiger partial charge in [0.05, 0.1) is 29.7 Å². The summed E-state index contributed by atoms with van der Waals surface area (Å²) >= 11 is 0. The summed E-state index contributed by atoms with van der Waals surface area (Å²) in [6, 6.07) is 7.18. The number of rotatable bonds is 3. The molecule has 1 unspecified atom stereocenters. The first kappa shape index (κ1) is 17.4. The zero-order valence-electron chi connectivity index (χ0n) is 14.1. The van der Waals surface area contributed by atoms with E-state index in [0.29, 0.717) is 22.7 Å². The van der Waals surface area contributed by atoms with Crippen LogP contribution in [-0.2, 0) is 19.5 Å². The lowest BCUT2D eigenvalue weighted by Crippen LogP contribution is -2.32. The van der Waals surface area contributed by atoms with Crippen molar-refractivity contribution in [1.82, 2.24) is 30.0 Å². The van der Waals surface area contributed by atoms with Crippen LogP contribution < -0.4 is 5.32 Å². The molecule has 2 aromatic heterocycles. The molecule has 3 aromatic rings. The first-order valence-electron chi connectivity index (χ1n) is 8.39. The number of nitrogens with one attached hydrogen (secondary N) is 1. The van der Waals surface area contributed by atoms with Gasteiger partial charge in [-0.1, -0.05) is 12.1 Å². The molecule has 1 aliphatic heterocycles. The second-order valence-electron chi connectivity index (χ2n) is 6.34. The van der Waals surface area contributed by atoms with Crippen molar-refractivity contribution in [2.45, 2.75) is 32.1 Å². The van der Waals surface area contributed by atoms with Gasteiger partial charge in [0.2, 0.25) is 0 Å². The summed E-state index contributed by atoms with van der Waals surface area (Å²) in [5.41, 5.74) is 1.44. The maximum Gasteiger partial charge on any atom is 0.392 e. The number of hydrogen-bond acceptors (Lipinski definition) is 5. The van der Waals surface area contributed by atoms with Crippen LogP contribution in [0.4, 0.5) is 13.2 Å². The van der Waals surface area contributed by atoms with Crippen molar-refractivity contribution in [3.05, 3.63) is 47.8 Å². The normalized spacial score (nSPS) is 16.9. The quantitative estimate of drug-likeness (QED) is 0.758. The molecule has 1 atom stereocenters. The van der Waals surface area contributed by atoms with Crippen LogP contribution in [0.2, 0.25) is 0 Å². The molecule has 0 radical (unpaired) electrons. The Bertz CT molecular complexity index is 1000. The van der Waals surface area contributed by atoms with Gasteiger partial charge in [-0.2, -0.15) is 13.2 Å². The number of amides is 1. The molecule has 1 aliphatic rings. The van der Waals surface area contributed by atoms with E-state index in [1.807, 2.05) is 6.07 Å². The fraction of sp³-hybridized carbons (Fsp3) is 0.353. The number of aromatic nitrogens is 5. The summed E-state index contributed by atoms with van der Waals surface area (Å²) in [5.74, 6) is -1.12. The summed E-state index contributed by atoms with van der Waals surface area (Å²) < 4.78 is 40.2. The van der Waals surface area contributed by atoms with Gasteiger partial charge in [-0.05, 0) is 18.6 Å². The summed E-state index contributed by atoms with van der Waals surface area (Å²) in [7, 11) is 0. The van der Waals surface area contributed by atoms with Crippen LogP contribution in [0.1, 0.15) is 28.6 Å². The number of benzene rings is 1. The predicted molar refractivity (Wildman–Crippen MR) is 88.6 cm³/mol. The fourth-order valence-electron chi connectivity index (χ4n) is 3.12. The third-order valence-corrected chi connectivity index (χ3v) is 4.59. The average molecular weight is 376 g/mol. The monoisotopic (exact) mass is 376 g/mol. The average Bonchev–Trinajstić information content (AvgIpc) is 3.07. The molecular formula is C17H15F3N6O. The largest absolute Gasteiger partial charge is 0.392 e. The van der Waals surface area contributed by atoms with Crippen molar-refractivity contribution in [2.24, 2.45) is 5.92 Å². The van der Waals surface area contributed by atoms with Crippen molar-refractivity contribution in [3.63, 3.8) is 0 Å². The number of fused-ring (bicyclic) bond motifs is 2. The zero-order valence-corrected chi connectivity index (χ0v) is 14.1. The van der Waals surface area contributed by atoms with Crippen LogP contribution in [0.25, 0.3) is 11.0 Å². The number of carbonyl (C=O) groups excluding carboxylic acids is 1. The molecule has 7 nitrogen and oxygen atoms in total. The molecule has 0 saturated carbocycles. The van der Waals surface area contributed by atoms with Crippen molar-refractivity contribution in [1.29, 1.82) is 0 Å². The molecule has 4 rings (SSSR count). The van der Waals surface area contributed by atoms with Crippen molar-refractivity contribution in [2.75, 3.05) is 0 Å². The van der Waals surface area contributed by atoms with E-state index in [-0.39, 0.29) is 31.6 Å². The number of alkyl halides is 3. The lowest BCUT2D eigenvalue weighted by Gasteiger charge is -2.25. The summed E-state index contributed by atoms with van der Waals surface area (Å²) in [4.78, 5) is 20.8. The van der Waals surface area contributed by atoms with E-state index in [1.54, 1.807) is 22.8 Å². The SMILES string of the molecule is O=C(NCc1nnc2n1CCC(C(F)(F)F)C2)c1cnc2ccccc2n1. The second-order valence-corrected chi connectivity index (χ2v) is 6.34. The van der Waals surface area contributed by atoms with Crippen LogP contribution in [0, 0.1) is 5.92 Å². The fourth-order valence-corrected chi connectivity index (χ4v) is 3.12. The van der Waals surface area contributed by atoms with Gasteiger partial charge in [0, 0.05) is 13.0 Å². The first-order chi connectivity index (χ1) is 12.9. The highest BCUT2D eigenvalue weighted by molar-refractivity contribution is 5.93. The van der Waals surface area contributed by atoms with Gasteiger partial charge in [0.15, 0.2) is 5.82 Å². The molecule has 0 aliphatic carbocycles. The minimum Gasteiger partial charge on any atom is -0.343 e. The van der Waals surface area contributed by atoms with Crippen LogP contribution in [0.15, 0.2) is 30.5 Å². The van der Waals surface area contributed by atoms with Gasteiger partial charge >= 0.3 is 6.18 Å². The Hall–Kier alpha value is -3.04. The Morgan fingerprint density at radius 3 is 2.78 bits per heavy atom. The number of para-hydroxylation sites is 2. The molecule has 1 aromatic carbocycles. The van der Waals surface area contributed by atoms with Gasteiger partial charge in [-0.3, -0.25) is 9.78 Å². The van der Waals surface area contributed by atoms with E-state index in [2.05, 4.69) is 25.5 Å². The molecule has 140 valence electrons. The van der Waals surface area contributed by atoms with Crippen LogP contribution in [-0.4, -0.2) is 36.8 Å². The van der Waals surface area contributed by atoms with Crippen LogP contribution in [0.5, 0.6) is 0 Å². The van der Waals surface area contributed by atoms with Gasteiger partial charge < -0.3 is 9.88 Å². The maximum absolute atomic E-state index is 12.9. The summed E-state index contributed by atoms with van der Waals surface area (Å²) in [5, 5.41) is 10.4. The number of carbonyl (C=O) groups is 1. The van der Waals surface area contributed by atoms with Crippen LogP contribution >= 0.6 is 0 Å². The molecule has 10 heteroatoms. The molecular weight excluding hydrogens is 361 g/mol. The minimum absolute atomic E-state index is 0.0222. The van der Waals surface area contributed by atoms with E-state index in [4.69, 9.17) is 0 Å². The summed E-state index contributed by atoms with van der Waals surface area (Å²) in [6.07, 6.45) is -3.07. The van der Waals surface area contributed by atoms with Crippen molar-refractivity contribution >= 4 is 16.9 Å². The van der Waals surface area contributed by atoms with Crippen LogP contribution in [0.3, 0.4) is 0 Å². The van der Waals surface area contributed by atoms with Gasteiger partial charge in [-0.25, -0.2) is 4.98 Å². The standard InChI is InChI=1S/C17H15F3N6O/c18-17(19,20)10-5-6-26-14(7-10)24-25-15(26)9-22-16(27)13-8-21-11-3-1-2-4-12(11)23-13/h1-4,8,10H,5-7,9H2,(H,22,27). The van der Waals surface area contributed by atoms with E-state index in [1.165, 1.54) is 6.20 Å². The van der Waals surface area contributed by atoms with E-state index in [0.717, 1.165) is 0 Å². The van der Waals surface area contributed by atoms with Gasteiger partial charge in [0.25, 0.3) is 5.91 Å². The third-order valence-electron chi connectivity index (χ3n) is 4.59. The third kappa shape index (κ3) is 3.46. The first-order valence-corrected chi connectivity index (χ1v) is 8.39. The molecule has 3 heterocycles. The topological polar surface area (TPSA) is 85.6 Å². The Kier molecular flexibility index (Phi) is 4.25. The highest BCUT2D eigenvalue weighted by Gasteiger charge is 2.42. The van der Waals surface area contributed by atoms with Gasteiger partial charge in [0.1, 0.15) is 11.5 Å². The molecule has 0 fully saturated rings. The van der Waals surface area contributed by atoms with Crippen molar-refractivity contribution < 1.29 is 18.0 Å². The molecule has 0 bridgehead atoms. The molecule has 27 heavy (non-hydrogen) atoms. The smallest absolute Gasteiger partial charge is 0.343 e. The highest BCUT2D eigenvalue weighted by atomic mass is 19.4. The van der Waals surface area contributed by atoms with Gasteiger partial charge in [-0.15, -0.1) is 10.2 Å². The summed E-state index contributed by atoms with van der Waals surface area (Å²) in [6.45, 7) is 0.227. The van der Waals surface area contributed by atoms with E-state index < -0.39 is 18.0 Å². The van der Waals surface area contributed by atoms with E-state index >= 15 is 0 Å². The number of nitrogens with zero attached hydrogens (tertiary/aromatic N) is 5.